The predicted octanol–water partition coefficient (Wildman–Crippen LogP) is 3.42. The van der Waals surface area contributed by atoms with E-state index in [0.717, 1.165) is 19.4 Å². The first-order chi connectivity index (χ1) is 9.81. The number of hydrogen-bond acceptors (Lipinski definition) is 2. The van der Waals surface area contributed by atoms with Crippen LogP contribution in [-0.4, -0.2) is 16.1 Å². The summed E-state index contributed by atoms with van der Waals surface area (Å²) in [5.41, 5.74) is 5.33. The Bertz CT molecular complexity index is 586. The minimum Gasteiger partial charge on any atom is -0.310 e. The number of rotatable bonds is 4. The Morgan fingerprint density at radius 2 is 2.05 bits per heavy atom. The quantitative estimate of drug-likeness (QED) is 0.921. The van der Waals surface area contributed by atoms with Crippen LogP contribution in [0.4, 0.5) is 0 Å². The van der Waals surface area contributed by atoms with Crippen molar-refractivity contribution in [1.82, 2.24) is 14.9 Å². The van der Waals surface area contributed by atoms with Crippen LogP contribution in [-0.2, 0) is 12.8 Å². The van der Waals surface area contributed by atoms with E-state index >= 15 is 0 Å². The molecule has 1 heterocycles. The Balaban J connectivity index is 2.04. The fourth-order valence-corrected chi connectivity index (χ4v) is 3.17. The molecule has 3 nitrogen and oxygen atoms in total. The summed E-state index contributed by atoms with van der Waals surface area (Å²) in [6.45, 7) is 5.36. The van der Waals surface area contributed by atoms with E-state index in [-0.39, 0.29) is 0 Å². The molecule has 0 spiro atoms. The van der Waals surface area contributed by atoms with Crippen molar-refractivity contribution in [3.63, 3.8) is 0 Å². The molecule has 0 aliphatic heterocycles. The van der Waals surface area contributed by atoms with Crippen molar-refractivity contribution in [2.24, 2.45) is 0 Å². The zero-order chi connectivity index (χ0) is 13.9. The van der Waals surface area contributed by atoms with E-state index in [2.05, 4.69) is 53.0 Å². The van der Waals surface area contributed by atoms with Gasteiger partial charge in [-0.3, -0.25) is 0 Å². The van der Waals surface area contributed by atoms with Gasteiger partial charge in [-0.25, -0.2) is 4.98 Å². The lowest BCUT2D eigenvalue weighted by Gasteiger charge is -2.20. The second kappa shape index (κ2) is 5.80. The molecule has 1 aromatic carbocycles. The highest BCUT2D eigenvalue weighted by Crippen LogP contribution is 2.27. The molecule has 0 saturated heterocycles. The summed E-state index contributed by atoms with van der Waals surface area (Å²) in [6, 6.07) is 9.03. The summed E-state index contributed by atoms with van der Waals surface area (Å²) in [6.07, 6.45) is 6.85. The maximum Gasteiger partial charge on any atom is 0.0997 e. The van der Waals surface area contributed by atoms with Crippen molar-refractivity contribution in [3.05, 3.63) is 47.5 Å². The zero-order valence-electron chi connectivity index (χ0n) is 12.4. The number of imidazole rings is 1. The smallest absolute Gasteiger partial charge is 0.0997 e. The molecule has 0 saturated carbocycles. The minimum absolute atomic E-state index is 0.359. The fourth-order valence-electron chi connectivity index (χ4n) is 3.17. The fraction of sp³-hybridized carbons (Fsp3) is 0.471. The molecular weight excluding hydrogens is 246 g/mol. The highest BCUT2D eigenvalue weighted by molar-refractivity contribution is 5.45. The van der Waals surface area contributed by atoms with Crippen molar-refractivity contribution >= 4 is 0 Å². The molecule has 20 heavy (non-hydrogen) atoms. The summed E-state index contributed by atoms with van der Waals surface area (Å²) >= 11 is 0. The lowest BCUT2D eigenvalue weighted by molar-refractivity contribution is 0.593. The molecular formula is C17H23N3. The third-order valence-corrected chi connectivity index (χ3v) is 4.20. The summed E-state index contributed by atoms with van der Waals surface area (Å²) in [4.78, 5) is 4.62. The van der Waals surface area contributed by atoms with Crippen LogP contribution in [0.5, 0.6) is 0 Å². The van der Waals surface area contributed by atoms with Gasteiger partial charge in [-0.05, 0) is 50.8 Å². The van der Waals surface area contributed by atoms with Gasteiger partial charge in [0.15, 0.2) is 0 Å². The van der Waals surface area contributed by atoms with E-state index in [0.29, 0.717) is 6.04 Å². The number of fused-ring (bicyclic) bond motifs is 1. The SMILES string of the molecule is CCNC(C)c1ccccc1-n1cnc2c1CCCC2. The number of benzene rings is 1. The van der Waals surface area contributed by atoms with Crippen LogP contribution in [0.2, 0.25) is 0 Å². The molecule has 0 radical (unpaired) electrons. The van der Waals surface area contributed by atoms with Crippen molar-refractivity contribution in [2.75, 3.05) is 6.54 Å². The molecule has 106 valence electrons. The van der Waals surface area contributed by atoms with Gasteiger partial charge in [0.25, 0.3) is 0 Å². The van der Waals surface area contributed by atoms with Gasteiger partial charge in [0, 0.05) is 11.7 Å². The van der Waals surface area contributed by atoms with Crippen LogP contribution >= 0.6 is 0 Å². The summed E-state index contributed by atoms with van der Waals surface area (Å²) in [5.74, 6) is 0. The summed E-state index contributed by atoms with van der Waals surface area (Å²) in [5, 5.41) is 3.51. The van der Waals surface area contributed by atoms with Crippen molar-refractivity contribution in [2.45, 2.75) is 45.6 Å². The van der Waals surface area contributed by atoms with Crippen LogP contribution in [0.1, 0.15) is 49.7 Å². The molecule has 1 aromatic heterocycles. The number of nitrogens with one attached hydrogen (secondary N) is 1. The van der Waals surface area contributed by atoms with E-state index in [1.165, 1.54) is 35.5 Å². The van der Waals surface area contributed by atoms with E-state index in [1.807, 2.05) is 6.33 Å². The van der Waals surface area contributed by atoms with Crippen LogP contribution < -0.4 is 5.32 Å². The van der Waals surface area contributed by atoms with Crippen LogP contribution in [0.25, 0.3) is 5.69 Å². The number of hydrogen-bond donors (Lipinski definition) is 1. The van der Waals surface area contributed by atoms with Gasteiger partial charge in [0.05, 0.1) is 17.7 Å². The Hall–Kier alpha value is -1.61. The average Bonchev–Trinajstić information content (AvgIpc) is 2.91. The zero-order valence-corrected chi connectivity index (χ0v) is 12.4. The van der Waals surface area contributed by atoms with Crippen molar-refractivity contribution in [3.8, 4) is 5.69 Å². The molecule has 0 fully saturated rings. The average molecular weight is 269 g/mol. The van der Waals surface area contributed by atoms with Crippen molar-refractivity contribution < 1.29 is 0 Å². The van der Waals surface area contributed by atoms with Gasteiger partial charge in [-0.15, -0.1) is 0 Å². The van der Waals surface area contributed by atoms with Crippen LogP contribution in [0.15, 0.2) is 30.6 Å². The molecule has 1 unspecified atom stereocenters. The Morgan fingerprint density at radius 3 is 2.90 bits per heavy atom. The largest absolute Gasteiger partial charge is 0.310 e. The van der Waals surface area contributed by atoms with Crippen molar-refractivity contribution in [1.29, 1.82) is 0 Å². The lowest BCUT2D eigenvalue weighted by Crippen LogP contribution is -2.19. The second-order valence-electron chi connectivity index (χ2n) is 5.55. The molecule has 0 bridgehead atoms. The Morgan fingerprint density at radius 1 is 1.25 bits per heavy atom. The number of para-hydroxylation sites is 1. The highest BCUT2D eigenvalue weighted by atomic mass is 15.1. The number of aryl methyl sites for hydroxylation is 1. The van der Waals surface area contributed by atoms with Gasteiger partial charge in [0.2, 0.25) is 0 Å². The van der Waals surface area contributed by atoms with E-state index in [4.69, 9.17) is 0 Å². The first-order valence-electron chi connectivity index (χ1n) is 7.69. The molecule has 3 heteroatoms. The number of nitrogens with zero attached hydrogens (tertiary/aromatic N) is 2. The second-order valence-corrected chi connectivity index (χ2v) is 5.55. The molecule has 0 amide bonds. The summed E-state index contributed by atoms with van der Waals surface area (Å²) < 4.78 is 2.30. The van der Waals surface area contributed by atoms with E-state index in [1.54, 1.807) is 0 Å². The molecule has 2 aromatic rings. The molecule has 1 atom stereocenters. The minimum atomic E-state index is 0.359. The Kier molecular flexibility index (Phi) is 3.88. The molecule has 1 aliphatic rings. The molecule has 3 rings (SSSR count). The van der Waals surface area contributed by atoms with E-state index in [9.17, 15) is 0 Å². The third kappa shape index (κ3) is 2.38. The van der Waals surface area contributed by atoms with Gasteiger partial charge in [-0.2, -0.15) is 0 Å². The highest BCUT2D eigenvalue weighted by Gasteiger charge is 2.18. The van der Waals surface area contributed by atoms with Gasteiger partial charge >= 0.3 is 0 Å². The topological polar surface area (TPSA) is 29.9 Å². The maximum atomic E-state index is 4.62. The Labute approximate surface area is 121 Å². The lowest BCUT2D eigenvalue weighted by atomic mass is 10.00. The monoisotopic (exact) mass is 269 g/mol. The standard InChI is InChI=1S/C17H23N3/c1-3-18-13(2)14-8-4-6-10-16(14)20-12-19-15-9-5-7-11-17(15)20/h4,6,8,10,12-13,18H,3,5,7,9,11H2,1-2H3. The number of aromatic nitrogens is 2. The molecule has 1 aliphatic carbocycles. The van der Waals surface area contributed by atoms with Gasteiger partial charge in [-0.1, -0.05) is 25.1 Å². The first kappa shape index (κ1) is 13.4. The maximum absolute atomic E-state index is 4.62. The third-order valence-electron chi connectivity index (χ3n) is 4.20. The predicted molar refractivity (Wildman–Crippen MR) is 82.3 cm³/mol. The normalized spacial score (nSPS) is 15.9. The summed E-state index contributed by atoms with van der Waals surface area (Å²) in [7, 11) is 0. The molecule has 1 N–H and O–H groups in total. The first-order valence-corrected chi connectivity index (χ1v) is 7.69. The van der Waals surface area contributed by atoms with Gasteiger partial charge < -0.3 is 9.88 Å². The van der Waals surface area contributed by atoms with Gasteiger partial charge in [0.1, 0.15) is 0 Å². The van der Waals surface area contributed by atoms with Crippen LogP contribution in [0, 0.1) is 0 Å². The van der Waals surface area contributed by atoms with Crippen LogP contribution in [0.3, 0.4) is 0 Å². The van der Waals surface area contributed by atoms with E-state index < -0.39 is 0 Å².